The molecule has 25 heavy (non-hydrogen) atoms. The molecular formula is C20H33NO4. The van der Waals surface area contributed by atoms with Gasteiger partial charge in [-0.2, -0.15) is 0 Å². The second-order valence-corrected chi connectivity index (χ2v) is 7.90. The number of hydrogen-bond donors (Lipinski definition) is 0. The van der Waals surface area contributed by atoms with Crippen molar-refractivity contribution in [3.8, 4) is 0 Å². The number of ether oxygens (including phenoxy) is 3. The lowest BCUT2D eigenvalue weighted by Gasteiger charge is -2.46. The van der Waals surface area contributed by atoms with Crippen LogP contribution in [0.25, 0.3) is 0 Å². The standard InChI is InChI=1S/C20H33NO4/c1-16(2)23-13-14-24-18-7-12-25-20(15-18)8-10-21(11-9-20)19(22)17-5-3-4-6-17/h3-4,16-18H,5-15H2,1-2H3. The van der Waals surface area contributed by atoms with Gasteiger partial charge in [-0.3, -0.25) is 4.79 Å². The largest absolute Gasteiger partial charge is 0.376 e. The second kappa shape index (κ2) is 8.65. The van der Waals surface area contributed by atoms with Gasteiger partial charge in [-0.25, -0.2) is 0 Å². The van der Waals surface area contributed by atoms with Crippen LogP contribution < -0.4 is 0 Å². The van der Waals surface area contributed by atoms with Crippen LogP contribution in [0, 0.1) is 5.92 Å². The van der Waals surface area contributed by atoms with E-state index in [1.165, 1.54) is 0 Å². The molecule has 3 rings (SSSR count). The Hall–Kier alpha value is -0.910. The molecule has 3 aliphatic rings. The third kappa shape index (κ3) is 5.05. The van der Waals surface area contributed by atoms with Crippen molar-refractivity contribution in [1.82, 2.24) is 4.90 Å². The molecule has 1 aliphatic carbocycles. The summed E-state index contributed by atoms with van der Waals surface area (Å²) in [6, 6.07) is 0. The van der Waals surface area contributed by atoms with Crippen molar-refractivity contribution in [2.45, 2.75) is 70.2 Å². The van der Waals surface area contributed by atoms with E-state index in [4.69, 9.17) is 14.2 Å². The normalized spacial score (nSPS) is 26.7. The number of allylic oxidation sites excluding steroid dienone is 2. The summed E-state index contributed by atoms with van der Waals surface area (Å²) in [6.45, 7) is 7.78. The first kappa shape index (κ1) is 18.9. The zero-order valence-corrected chi connectivity index (χ0v) is 15.7. The van der Waals surface area contributed by atoms with Crippen LogP contribution in [0.15, 0.2) is 12.2 Å². The molecule has 0 saturated carbocycles. The number of nitrogens with zero attached hydrogens (tertiary/aromatic N) is 1. The van der Waals surface area contributed by atoms with E-state index in [0.717, 1.165) is 58.2 Å². The van der Waals surface area contributed by atoms with Crippen LogP contribution in [0.4, 0.5) is 0 Å². The third-order valence-corrected chi connectivity index (χ3v) is 5.68. The van der Waals surface area contributed by atoms with Gasteiger partial charge in [-0.1, -0.05) is 12.2 Å². The predicted octanol–water partition coefficient (Wildman–Crippen LogP) is 2.93. The highest BCUT2D eigenvalue weighted by atomic mass is 16.5. The first-order chi connectivity index (χ1) is 12.1. The molecule has 1 unspecified atom stereocenters. The first-order valence-electron chi connectivity index (χ1n) is 9.89. The van der Waals surface area contributed by atoms with Gasteiger partial charge in [-0.15, -0.1) is 0 Å². The van der Waals surface area contributed by atoms with Crippen molar-refractivity contribution in [3.05, 3.63) is 12.2 Å². The van der Waals surface area contributed by atoms with Gasteiger partial charge in [0.25, 0.3) is 0 Å². The van der Waals surface area contributed by atoms with Gasteiger partial charge in [0.15, 0.2) is 0 Å². The van der Waals surface area contributed by atoms with Gasteiger partial charge in [0.2, 0.25) is 5.91 Å². The Labute approximate surface area is 151 Å². The summed E-state index contributed by atoms with van der Waals surface area (Å²) in [4.78, 5) is 14.6. The van der Waals surface area contributed by atoms with Crippen LogP contribution in [0.3, 0.4) is 0 Å². The fraction of sp³-hybridized carbons (Fsp3) is 0.850. The lowest BCUT2D eigenvalue weighted by molar-refractivity contribution is -0.165. The molecule has 2 saturated heterocycles. The fourth-order valence-corrected chi connectivity index (χ4v) is 4.18. The lowest BCUT2D eigenvalue weighted by atomic mass is 9.83. The molecule has 5 nitrogen and oxygen atoms in total. The van der Waals surface area contributed by atoms with E-state index in [0.29, 0.717) is 19.1 Å². The Morgan fingerprint density at radius 2 is 1.96 bits per heavy atom. The average Bonchev–Trinajstić information content (AvgIpc) is 3.13. The predicted molar refractivity (Wildman–Crippen MR) is 96.4 cm³/mol. The van der Waals surface area contributed by atoms with Crippen molar-refractivity contribution in [2.24, 2.45) is 5.92 Å². The van der Waals surface area contributed by atoms with Crippen molar-refractivity contribution in [1.29, 1.82) is 0 Å². The molecule has 1 atom stereocenters. The minimum absolute atomic E-state index is 0.0907. The molecule has 1 spiro atoms. The highest BCUT2D eigenvalue weighted by molar-refractivity contribution is 5.79. The summed E-state index contributed by atoms with van der Waals surface area (Å²) in [5.41, 5.74) is -0.0907. The molecule has 1 amide bonds. The minimum Gasteiger partial charge on any atom is -0.376 e. The molecule has 0 N–H and O–H groups in total. The number of carbonyl (C=O) groups is 1. The number of hydrogen-bond acceptors (Lipinski definition) is 4. The Kier molecular flexibility index (Phi) is 6.53. The monoisotopic (exact) mass is 351 g/mol. The van der Waals surface area contributed by atoms with Crippen LogP contribution in [0.2, 0.25) is 0 Å². The fourth-order valence-electron chi connectivity index (χ4n) is 4.18. The number of piperidine rings is 1. The zero-order valence-electron chi connectivity index (χ0n) is 15.7. The Balaban J connectivity index is 1.42. The van der Waals surface area contributed by atoms with E-state index in [2.05, 4.69) is 12.2 Å². The second-order valence-electron chi connectivity index (χ2n) is 7.90. The van der Waals surface area contributed by atoms with Crippen molar-refractivity contribution < 1.29 is 19.0 Å². The van der Waals surface area contributed by atoms with Crippen LogP contribution in [-0.4, -0.2) is 61.5 Å². The van der Waals surface area contributed by atoms with E-state index in [1.54, 1.807) is 0 Å². The highest BCUT2D eigenvalue weighted by Gasteiger charge is 2.42. The molecule has 0 aromatic heterocycles. The Morgan fingerprint density at radius 1 is 1.24 bits per heavy atom. The highest BCUT2D eigenvalue weighted by Crippen LogP contribution is 2.36. The maximum Gasteiger partial charge on any atom is 0.226 e. The van der Waals surface area contributed by atoms with Gasteiger partial charge in [0.05, 0.1) is 31.0 Å². The molecule has 2 heterocycles. The molecule has 5 heteroatoms. The maximum absolute atomic E-state index is 12.6. The van der Waals surface area contributed by atoms with Gasteiger partial charge in [-0.05, 0) is 46.0 Å². The van der Waals surface area contributed by atoms with Crippen molar-refractivity contribution >= 4 is 5.91 Å². The van der Waals surface area contributed by atoms with E-state index < -0.39 is 0 Å². The molecule has 2 fully saturated rings. The van der Waals surface area contributed by atoms with E-state index in [1.807, 2.05) is 18.7 Å². The molecule has 2 aliphatic heterocycles. The van der Waals surface area contributed by atoms with Gasteiger partial charge >= 0.3 is 0 Å². The average molecular weight is 351 g/mol. The Bertz CT molecular complexity index is 460. The van der Waals surface area contributed by atoms with Crippen molar-refractivity contribution in [2.75, 3.05) is 32.9 Å². The number of likely N-dealkylation sites (tertiary alicyclic amines) is 1. The van der Waals surface area contributed by atoms with E-state index in [-0.39, 0.29) is 23.7 Å². The summed E-state index contributed by atoms with van der Waals surface area (Å²) in [5.74, 6) is 0.507. The maximum atomic E-state index is 12.6. The lowest BCUT2D eigenvalue weighted by Crippen LogP contribution is -2.52. The van der Waals surface area contributed by atoms with E-state index in [9.17, 15) is 4.79 Å². The summed E-state index contributed by atoms with van der Waals surface area (Å²) >= 11 is 0. The molecule has 0 aromatic carbocycles. The summed E-state index contributed by atoms with van der Waals surface area (Å²) in [7, 11) is 0. The summed E-state index contributed by atoms with van der Waals surface area (Å²) in [5, 5.41) is 0. The van der Waals surface area contributed by atoms with Gasteiger partial charge in [0.1, 0.15) is 0 Å². The summed E-state index contributed by atoms with van der Waals surface area (Å²) < 4.78 is 17.7. The number of amides is 1. The quantitative estimate of drug-likeness (QED) is 0.545. The molecule has 142 valence electrons. The smallest absolute Gasteiger partial charge is 0.226 e. The number of rotatable bonds is 6. The molecule has 0 radical (unpaired) electrons. The molecule has 0 aromatic rings. The summed E-state index contributed by atoms with van der Waals surface area (Å²) in [6.07, 6.45) is 10.3. The minimum atomic E-state index is -0.0907. The zero-order chi connectivity index (χ0) is 17.7. The van der Waals surface area contributed by atoms with Gasteiger partial charge in [0, 0.05) is 32.0 Å². The Morgan fingerprint density at radius 3 is 2.64 bits per heavy atom. The topological polar surface area (TPSA) is 48.0 Å². The van der Waals surface area contributed by atoms with Crippen molar-refractivity contribution in [3.63, 3.8) is 0 Å². The molecule has 0 bridgehead atoms. The van der Waals surface area contributed by atoms with Crippen LogP contribution in [0.1, 0.15) is 52.4 Å². The van der Waals surface area contributed by atoms with Gasteiger partial charge < -0.3 is 19.1 Å². The first-order valence-corrected chi connectivity index (χ1v) is 9.89. The van der Waals surface area contributed by atoms with Crippen LogP contribution in [-0.2, 0) is 19.0 Å². The molecular weight excluding hydrogens is 318 g/mol. The number of carbonyl (C=O) groups excluding carboxylic acids is 1. The van der Waals surface area contributed by atoms with Crippen LogP contribution in [0.5, 0.6) is 0 Å². The van der Waals surface area contributed by atoms with E-state index >= 15 is 0 Å². The third-order valence-electron chi connectivity index (χ3n) is 5.68. The SMILES string of the molecule is CC(C)OCCOC1CCOC2(CCN(C(=O)C3CC=CC3)CC2)C1. The van der Waals surface area contributed by atoms with Crippen LogP contribution >= 0.6 is 0 Å².